The van der Waals surface area contributed by atoms with E-state index in [9.17, 15) is 0 Å². The van der Waals surface area contributed by atoms with Gasteiger partial charge in [-0.3, -0.25) is 0 Å². The highest BCUT2D eigenvalue weighted by atomic mass is 16.3. The van der Waals surface area contributed by atoms with Crippen molar-refractivity contribution in [2.75, 3.05) is 6.61 Å². The van der Waals surface area contributed by atoms with Crippen LogP contribution in [0.2, 0.25) is 0 Å². The van der Waals surface area contributed by atoms with Gasteiger partial charge in [0.25, 0.3) is 0 Å². The average molecular weight is 204 g/mol. The highest BCUT2D eigenvalue weighted by Crippen LogP contribution is 2.09. The minimum atomic E-state index is 0.290. The molecule has 1 aromatic rings. The Morgan fingerprint density at radius 3 is 2.87 bits per heavy atom. The van der Waals surface area contributed by atoms with Crippen LogP contribution in [0.1, 0.15) is 30.9 Å². The molecule has 1 atom stereocenters. The van der Waals surface area contributed by atoms with Gasteiger partial charge in [0.2, 0.25) is 0 Å². The molecule has 0 radical (unpaired) electrons. The van der Waals surface area contributed by atoms with Crippen LogP contribution in [0.4, 0.5) is 0 Å². The molecule has 0 bridgehead atoms. The molecule has 1 rings (SSSR count). The first-order valence-corrected chi connectivity index (χ1v) is 5.56. The molecule has 0 saturated heterocycles. The lowest BCUT2D eigenvalue weighted by Gasteiger charge is -2.03. The van der Waals surface area contributed by atoms with E-state index in [2.05, 4.69) is 50.3 Å². The zero-order valence-electron chi connectivity index (χ0n) is 9.61. The molecular formula is C14H20O. The predicted molar refractivity (Wildman–Crippen MR) is 65.7 cm³/mol. The van der Waals surface area contributed by atoms with Crippen LogP contribution >= 0.6 is 0 Å². The lowest BCUT2D eigenvalue weighted by molar-refractivity contribution is 0.231. The van der Waals surface area contributed by atoms with Gasteiger partial charge in [-0.25, -0.2) is 0 Å². The number of rotatable bonds is 5. The van der Waals surface area contributed by atoms with E-state index in [-0.39, 0.29) is 6.61 Å². The summed E-state index contributed by atoms with van der Waals surface area (Å²) in [6.45, 7) is 4.46. The number of aliphatic hydroxyl groups excluding tert-OH is 1. The standard InChI is InChI=1S/C14H20O/c1-12-7-5-9-14(10-12)8-4-3-6-13(2)11-15/h4-5,7-10,13,15H,3,6,11H2,1-2H3/b8-4+/t13-/m1/s1. The molecule has 0 saturated carbocycles. The summed E-state index contributed by atoms with van der Waals surface area (Å²) in [5.74, 6) is 0.409. The van der Waals surface area contributed by atoms with E-state index in [0.29, 0.717) is 5.92 Å². The molecule has 0 heterocycles. The zero-order valence-corrected chi connectivity index (χ0v) is 9.61. The average Bonchev–Trinajstić information content (AvgIpc) is 2.24. The van der Waals surface area contributed by atoms with E-state index in [1.807, 2.05) is 0 Å². The predicted octanol–water partition coefficient (Wildman–Crippen LogP) is 3.42. The first kappa shape index (κ1) is 12.0. The largest absolute Gasteiger partial charge is 0.396 e. The van der Waals surface area contributed by atoms with Gasteiger partial charge in [-0.2, -0.15) is 0 Å². The van der Waals surface area contributed by atoms with Gasteiger partial charge in [0.1, 0.15) is 0 Å². The zero-order chi connectivity index (χ0) is 11.1. The number of hydrogen-bond donors (Lipinski definition) is 1. The molecule has 0 spiro atoms. The summed E-state index contributed by atoms with van der Waals surface area (Å²) in [4.78, 5) is 0. The highest BCUT2D eigenvalue weighted by Gasteiger charge is 1.96. The van der Waals surface area contributed by atoms with Crippen molar-refractivity contribution in [3.63, 3.8) is 0 Å². The summed E-state index contributed by atoms with van der Waals surface area (Å²) in [5.41, 5.74) is 2.55. The van der Waals surface area contributed by atoms with Gasteiger partial charge in [0, 0.05) is 6.61 Å². The van der Waals surface area contributed by atoms with E-state index >= 15 is 0 Å². The smallest absolute Gasteiger partial charge is 0.0456 e. The van der Waals surface area contributed by atoms with E-state index in [1.165, 1.54) is 11.1 Å². The Morgan fingerprint density at radius 2 is 2.20 bits per heavy atom. The van der Waals surface area contributed by atoms with Crippen molar-refractivity contribution < 1.29 is 5.11 Å². The Balaban J connectivity index is 2.38. The molecule has 1 nitrogen and oxygen atoms in total. The minimum absolute atomic E-state index is 0.290. The summed E-state index contributed by atoms with van der Waals surface area (Å²) in [7, 11) is 0. The summed E-state index contributed by atoms with van der Waals surface area (Å²) < 4.78 is 0. The fourth-order valence-corrected chi connectivity index (χ4v) is 1.47. The number of aliphatic hydroxyl groups is 1. The maximum Gasteiger partial charge on any atom is 0.0456 e. The number of hydrogen-bond acceptors (Lipinski definition) is 1. The van der Waals surface area contributed by atoms with Crippen LogP contribution < -0.4 is 0 Å². The Kier molecular flexibility index (Phi) is 5.13. The second-order valence-corrected chi connectivity index (χ2v) is 4.18. The Morgan fingerprint density at radius 1 is 1.40 bits per heavy atom. The normalized spacial score (nSPS) is 13.3. The molecule has 15 heavy (non-hydrogen) atoms. The molecule has 0 unspecified atom stereocenters. The summed E-state index contributed by atoms with van der Waals surface area (Å²) in [5, 5.41) is 8.86. The maximum absolute atomic E-state index is 8.86. The van der Waals surface area contributed by atoms with Gasteiger partial charge in [0.05, 0.1) is 0 Å². The van der Waals surface area contributed by atoms with Gasteiger partial charge in [-0.05, 0) is 31.2 Å². The van der Waals surface area contributed by atoms with Gasteiger partial charge in [-0.15, -0.1) is 0 Å². The van der Waals surface area contributed by atoms with Crippen LogP contribution in [0.3, 0.4) is 0 Å². The third kappa shape index (κ3) is 4.80. The fraction of sp³-hybridized carbons (Fsp3) is 0.429. The molecule has 0 aromatic heterocycles. The highest BCUT2D eigenvalue weighted by molar-refractivity contribution is 5.49. The van der Waals surface area contributed by atoms with Crippen LogP contribution in [0.15, 0.2) is 30.3 Å². The quantitative estimate of drug-likeness (QED) is 0.779. The lowest BCUT2D eigenvalue weighted by Crippen LogP contribution is -1.98. The first-order valence-electron chi connectivity index (χ1n) is 5.56. The number of benzene rings is 1. The van der Waals surface area contributed by atoms with E-state index in [0.717, 1.165) is 12.8 Å². The molecule has 0 aliphatic heterocycles. The Labute approximate surface area is 92.5 Å². The van der Waals surface area contributed by atoms with Crippen LogP contribution in [0.25, 0.3) is 6.08 Å². The molecule has 0 aliphatic rings. The van der Waals surface area contributed by atoms with Gasteiger partial charge in [-0.1, -0.05) is 48.9 Å². The van der Waals surface area contributed by atoms with Crippen molar-refractivity contribution in [1.29, 1.82) is 0 Å². The monoisotopic (exact) mass is 204 g/mol. The van der Waals surface area contributed by atoms with Gasteiger partial charge < -0.3 is 5.11 Å². The SMILES string of the molecule is Cc1cccc(/C=C/CC[C@@H](C)CO)c1. The van der Waals surface area contributed by atoms with Gasteiger partial charge in [0.15, 0.2) is 0 Å². The molecule has 1 aromatic carbocycles. The third-order valence-corrected chi connectivity index (χ3v) is 2.49. The van der Waals surface area contributed by atoms with Crippen LogP contribution in [-0.2, 0) is 0 Å². The molecule has 1 N–H and O–H groups in total. The Hall–Kier alpha value is -1.08. The topological polar surface area (TPSA) is 20.2 Å². The summed E-state index contributed by atoms with van der Waals surface area (Å²) in [6.07, 6.45) is 6.42. The number of allylic oxidation sites excluding steroid dienone is 1. The van der Waals surface area contributed by atoms with Crippen LogP contribution in [-0.4, -0.2) is 11.7 Å². The second-order valence-electron chi connectivity index (χ2n) is 4.18. The minimum Gasteiger partial charge on any atom is -0.396 e. The van der Waals surface area contributed by atoms with E-state index in [1.54, 1.807) is 0 Å². The molecule has 82 valence electrons. The summed E-state index contributed by atoms with van der Waals surface area (Å²) in [6, 6.07) is 8.46. The fourth-order valence-electron chi connectivity index (χ4n) is 1.47. The van der Waals surface area contributed by atoms with E-state index < -0.39 is 0 Å². The number of aryl methyl sites for hydroxylation is 1. The van der Waals surface area contributed by atoms with Crippen molar-refractivity contribution in [1.82, 2.24) is 0 Å². The Bertz CT molecular complexity index is 315. The van der Waals surface area contributed by atoms with Crippen LogP contribution in [0.5, 0.6) is 0 Å². The van der Waals surface area contributed by atoms with Crippen molar-refractivity contribution in [3.8, 4) is 0 Å². The van der Waals surface area contributed by atoms with Crippen molar-refractivity contribution in [2.24, 2.45) is 5.92 Å². The molecule has 0 aliphatic carbocycles. The second kappa shape index (κ2) is 6.41. The molecular weight excluding hydrogens is 184 g/mol. The molecule has 1 heteroatoms. The van der Waals surface area contributed by atoms with E-state index in [4.69, 9.17) is 5.11 Å². The van der Waals surface area contributed by atoms with Gasteiger partial charge >= 0.3 is 0 Å². The molecule has 0 amide bonds. The summed E-state index contributed by atoms with van der Waals surface area (Å²) >= 11 is 0. The lowest BCUT2D eigenvalue weighted by atomic mass is 10.1. The first-order chi connectivity index (χ1) is 7.22. The molecule has 0 fully saturated rings. The van der Waals surface area contributed by atoms with Crippen molar-refractivity contribution >= 4 is 6.08 Å². The third-order valence-electron chi connectivity index (χ3n) is 2.49. The van der Waals surface area contributed by atoms with Crippen molar-refractivity contribution in [2.45, 2.75) is 26.7 Å². The van der Waals surface area contributed by atoms with Crippen molar-refractivity contribution in [3.05, 3.63) is 41.5 Å². The van der Waals surface area contributed by atoms with Crippen LogP contribution in [0, 0.1) is 12.8 Å². The maximum atomic E-state index is 8.86.